The molecule has 0 atom stereocenters. The molecule has 12 heavy (non-hydrogen) atoms. The van der Waals surface area contributed by atoms with E-state index < -0.39 is 0 Å². The van der Waals surface area contributed by atoms with E-state index in [0.29, 0.717) is 10.8 Å². The molecule has 1 aromatic rings. The van der Waals surface area contributed by atoms with Crippen LogP contribution in [0.5, 0.6) is 0 Å². The van der Waals surface area contributed by atoms with Crippen molar-refractivity contribution in [2.75, 3.05) is 11.5 Å². The van der Waals surface area contributed by atoms with Gasteiger partial charge in [-0.15, -0.1) is 0 Å². The number of hydrogen-bond acceptors (Lipinski definition) is 3. The van der Waals surface area contributed by atoms with Crippen molar-refractivity contribution < 1.29 is 0 Å². The summed E-state index contributed by atoms with van der Waals surface area (Å²) in [6.07, 6.45) is 0. The first-order valence-electron chi connectivity index (χ1n) is 3.72. The van der Waals surface area contributed by atoms with Gasteiger partial charge in [0.2, 0.25) is 0 Å². The van der Waals surface area contributed by atoms with Crippen molar-refractivity contribution in [1.82, 2.24) is 4.98 Å². The second kappa shape index (κ2) is 4.58. The zero-order valence-corrected chi connectivity index (χ0v) is 8.45. The molecule has 0 amide bonds. The normalized spacial score (nSPS) is 10.2. The Morgan fingerprint density at radius 3 is 3.00 bits per heavy atom. The van der Waals surface area contributed by atoms with Gasteiger partial charge in [-0.2, -0.15) is 11.8 Å². The second-order valence-corrected chi connectivity index (χ2v) is 3.98. The van der Waals surface area contributed by atoms with Crippen LogP contribution < -0.4 is 5.73 Å². The highest BCUT2D eigenvalue weighted by molar-refractivity contribution is 7.98. The van der Waals surface area contributed by atoms with Crippen LogP contribution in [-0.4, -0.2) is 10.7 Å². The van der Waals surface area contributed by atoms with E-state index in [2.05, 4.69) is 11.9 Å². The van der Waals surface area contributed by atoms with Gasteiger partial charge in [-0.1, -0.05) is 18.5 Å². The molecular weight excluding hydrogens is 192 g/mol. The summed E-state index contributed by atoms with van der Waals surface area (Å²) in [5.74, 6) is 2.43. The summed E-state index contributed by atoms with van der Waals surface area (Å²) in [4.78, 5) is 4.14. The molecule has 0 bridgehead atoms. The van der Waals surface area contributed by atoms with Gasteiger partial charge < -0.3 is 5.73 Å². The van der Waals surface area contributed by atoms with E-state index in [4.69, 9.17) is 17.3 Å². The Labute approximate surface area is 81.5 Å². The molecule has 4 heteroatoms. The third-order valence-electron chi connectivity index (χ3n) is 1.38. The number of anilines is 1. The lowest BCUT2D eigenvalue weighted by atomic mass is 10.4. The first-order chi connectivity index (χ1) is 5.74. The predicted octanol–water partition coefficient (Wildman–Crippen LogP) is 2.57. The first-order valence-corrected chi connectivity index (χ1v) is 5.26. The Balaban J connectivity index is 2.75. The molecule has 1 heterocycles. The molecule has 1 rings (SSSR count). The summed E-state index contributed by atoms with van der Waals surface area (Å²) in [7, 11) is 0. The van der Waals surface area contributed by atoms with Crippen molar-refractivity contribution in [1.29, 1.82) is 0 Å². The molecule has 0 aromatic carbocycles. The Kier molecular flexibility index (Phi) is 3.69. The average molecular weight is 203 g/mol. The fraction of sp³-hybridized carbons (Fsp3) is 0.375. The van der Waals surface area contributed by atoms with Gasteiger partial charge in [0.15, 0.2) is 0 Å². The molecule has 66 valence electrons. The summed E-state index contributed by atoms with van der Waals surface area (Å²) in [6.45, 7) is 2.10. The third kappa shape index (κ3) is 2.57. The second-order valence-electron chi connectivity index (χ2n) is 2.30. The van der Waals surface area contributed by atoms with Crippen LogP contribution in [-0.2, 0) is 5.75 Å². The van der Waals surface area contributed by atoms with Crippen LogP contribution >= 0.6 is 23.4 Å². The van der Waals surface area contributed by atoms with Gasteiger partial charge in [0.05, 0.1) is 10.7 Å². The number of thioether (sulfide) groups is 1. The lowest BCUT2D eigenvalue weighted by Gasteiger charge is -2.02. The van der Waals surface area contributed by atoms with Crippen LogP contribution in [0.25, 0.3) is 0 Å². The summed E-state index contributed by atoms with van der Waals surface area (Å²) in [5, 5.41) is 0.699. The van der Waals surface area contributed by atoms with Crippen LogP contribution in [0.4, 0.5) is 5.82 Å². The predicted molar refractivity (Wildman–Crippen MR) is 55.5 cm³/mol. The van der Waals surface area contributed by atoms with E-state index in [9.17, 15) is 0 Å². The molecule has 0 aliphatic rings. The van der Waals surface area contributed by atoms with E-state index in [1.165, 1.54) is 0 Å². The van der Waals surface area contributed by atoms with Gasteiger partial charge in [0, 0.05) is 5.75 Å². The van der Waals surface area contributed by atoms with Gasteiger partial charge in [-0.25, -0.2) is 4.98 Å². The van der Waals surface area contributed by atoms with Crippen LogP contribution in [0.1, 0.15) is 12.6 Å². The van der Waals surface area contributed by atoms with Gasteiger partial charge in [-0.3, -0.25) is 0 Å². The highest BCUT2D eigenvalue weighted by Crippen LogP contribution is 2.19. The number of aromatic nitrogens is 1. The minimum Gasteiger partial charge on any atom is -0.384 e. The SMILES string of the molecule is CCSCc1nc(N)ccc1Cl. The first kappa shape index (κ1) is 9.68. The quantitative estimate of drug-likeness (QED) is 0.819. The van der Waals surface area contributed by atoms with Crippen LogP contribution in [0.2, 0.25) is 5.02 Å². The molecular formula is C8H11ClN2S. The lowest BCUT2D eigenvalue weighted by Crippen LogP contribution is -1.95. The largest absolute Gasteiger partial charge is 0.384 e. The highest BCUT2D eigenvalue weighted by Gasteiger charge is 2.01. The van der Waals surface area contributed by atoms with Gasteiger partial charge in [0.25, 0.3) is 0 Å². The van der Waals surface area contributed by atoms with Gasteiger partial charge in [-0.05, 0) is 17.9 Å². The lowest BCUT2D eigenvalue weighted by molar-refractivity contribution is 1.18. The van der Waals surface area contributed by atoms with E-state index >= 15 is 0 Å². The van der Waals surface area contributed by atoms with Crippen molar-refractivity contribution in [3.8, 4) is 0 Å². The molecule has 0 fully saturated rings. The maximum Gasteiger partial charge on any atom is 0.123 e. The molecule has 0 aliphatic carbocycles. The minimum atomic E-state index is 0.533. The number of pyridine rings is 1. The van der Waals surface area contributed by atoms with Gasteiger partial charge in [0.1, 0.15) is 5.82 Å². The molecule has 0 aliphatic heterocycles. The van der Waals surface area contributed by atoms with Crippen LogP contribution in [0, 0.1) is 0 Å². The summed E-state index contributed by atoms with van der Waals surface area (Å²) >= 11 is 7.68. The average Bonchev–Trinajstić information content (AvgIpc) is 2.07. The molecule has 0 saturated heterocycles. The standard InChI is InChI=1S/C8H11ClN2S/c1-2-12-5-7-6(9)3-4-8(10)11-7/h3-4H,2,5H2,1H3,(H2,10,11). The molecule has 0 unspecified atom stereocenters. The molecule has 2 nitrogen and oxygen atoms in total. The maximum atomic E-state index is 5.90. The van der Waals surface area contributed by atoms with E-state index in [1.54, 1.807) is 23.9 Å². The zero-order valence-electron chi connectivity index (χ0n) is 6.88. The van der Waals surface area contributed by atoms with Crippen molar-refractivity contribution in [3.63, 3.8) is 0 Å². The maximum absolute atomic E-state index is 5.90. The highest BCUT2D eigenvalue weighted by atomic mass is 35.5. The number of rotatable bonds is 3. The molecule has 0 spiro atoms. The third-order valence-corrected chi connectivity index (χ3v) is 2.61. The fourth-order valence-corrected chi connectivity index (χ4v) is 1.67. The fourth-order valence-electron chi connectivity index (χ4n) is 0.801. The van der Waals surface area contributed by atoms with E-state index in [1.807, 2.05) is 0 Å². The monoisotopic (exact) mass is 202 g/mol. The summed E-state index contributed by atoms with van der Waals surface area (Å²) < 4.78 is 0. The van der Waals surface area contributed by atoms with Crippen molar-refractivity contribution in [3.05, 3.63) is 22.8 Å². The molecule has 1 aromatic heterocycles. The Morgan fingerprint density at radius 1 is 1.58 bits per heavy atom. The Morgan fingerprint density at radius 2 is 2.33 bits per heavy atom. The van der Waals surface area contributed by atoms with Crippen molar-refractivity contribution in [2.45, 2.75) is 12.7 Å². The van der Waals surface area contributed by atoms with E-state index in [0.717, 1.165) is 17.2 Å². The van der Waals surface area contributed by atoms with Crippen LogP contribution in [0.15, 0.2) is 12.1 Å². The van der Waals surface area contributed by atoms with Crippen molar-refractivity contribution >= 4 is 29.2 Å². The van der Waals surface area contributed by atoms with Crippen molar-refractivity contribution in [2.24, 2.45) is 0 Å². The Hall–Kier alpha value is -0.410. The van der Waals surface area contributed by atoms with E-state index in [-0.39, 0.29) is 0 Å². The summed E-state index contributed by atoms with van der Waals surface area (Å²) in [5.41, 5.74) is 6.40. The number of nitrogens with zero attached hydrogens (tertiary/aromatic N) is 1. The van der Waals surface area contributed by atoms with Gasteiger partial charge >= 0.3 is 0 Å². The number of hydrogen-bond donors (Lipinski definition) is 1. The minimum absolute atomic E-state index is 0.533. The smallest absolute Gasteiger partial charge is 0.123 e. The summed E-state index contributed by atoms with van der Waals surface area (Å²) in [6, 6.07) is 3.50. The molecule has 0 saturated carbocycles. The molecule has 2 N–H and O–H groups in total. The van der Waals surface area contributed by atoms with Crippen LogP contribution in [0.3, 0.4) is 0 Å². The number of halogens is 1. The number of nitrogens with two attached hydrogens (primary N) is 1. The number of nitrogen functional groups attached to an aromatic ring is 1. The Bertz CT molecular complexity index is 265. The topological polar surface area (TPSA) is 38.9 Å². The molecule has 0 radical (unpaired) electrons. The zero-order chi connectivity index (χ0) is 8.97.